The molecule has 1 fully saturated rings. The highest BCUT2D eigenvalue weighted by Crippen LogP contribution is 2.20. The Kier molecular flexibility index (Phi) is 4.60. The Labute approximate surface area is 134 Å². The van der Waals surface area contributed by atoms with Crippen LogP contribution in [0.1, 0.15) is 25.1 Å². The van der Waals surface area contributed by atoms with Gasteiger partial charge < -0.3 is 9.84 Å². The topological polar surface area (TPSA) is 74.0 Å². The van der Waals surface area contributed by atoms with Crippen molar-refractivity contribution in [2.45, 2.75) is 19.5 Å². The smallest absolute Gasteiger partial charge is 0.275 e. The molecule has 1 N–H and O–H groups in total. The van der Waals surface area contributed by atoms with Crippen LogP contribution in [0.5, 0.6) is 0 Å². The highest BCUT2D eigenvalue weighted by Gasteiger charge is 2.23. The number of hydrogen-bond donors (Lipinski definition) is 1. The molecule has 6 nitrogen and oxygen atoms in total. The van der Waals surface area contributed by atoms with Crippen molar-refractivity contribution >= 4 is 0 Å². The van der Waals surface area contributed by atoms with Crippen LogP contribution in [0.25, 0.3) is 11.1 Å². The molecule has 0 amide bonds. The van der Waals surface area contributed by atoms with Crippen LogP contribution in [0, 0.1) is 11.3 Å². The second-order valence-corrected chi connectivity index (χ2v) is 5.59. The minimum Gasteiger partial charge on any atom is -0.379 e. The SMILES string of the molecule is CCC(N1CCOCC1)n1[nH]cc(-c2ccc(C#N)cc2)c1=O. The van der Waals surface area contributed by atoms with E-state index in [4.69, 9.17) is 10.00 Å². The van der Waals surface area contributed by atoms with Gasteiger partial charge in [-0.15, -0.1) is 0 Å². The fourth-order valence-corrected chi connectivity index (χ4v) is 3.02. The first kappa shape index (κ1) is 15.5. The van der Waals surface area contributed by atoms with Crippen molar-refractivity contribution in [1.82, 2.24) is 14.7 Å². The minimum absolute atomic E-state index is 0.0125. The molecule has 23 heavy (non-hydrogen) atoms. The summed E-state index contributed by atoms with van der Waals surface area (Å²) in [6, 6.07) is 9.16. The lowest BCUT2D eigenvalue weighted by molar-refractivity contribution is -0.00708. The summed E-state index contributed by atoms with van der Waals surface area (Å²) < 4.78 is 7.08. The molecule has 1 aromatic carbocycles. The summed E-state index contributed by atoms with van der Waals surface area (Å²) >= 11 is 0. The van der Waals surface area contributed by atoms with Crippen molar-refractivity contribution in [3.8, 4) is 17.2 Å². The van der Waals surface area contributed by atoms with Gasteiger partial charge in [-0.2, -0.15) is 5.26 Å². The largest absolute Gasteiger partial charge is 0.379 e. The highest BCUT2D eigenvalue weighted by molar-refractivity contribution is 5.62. The molecular formula is C17H20N4O2. The second kappa shape index (κ2) is 6.82. The first-order valence-electron chi connectivity index (χ1n) is 7.87. The Balaban J connectivity index is 1.91. The lowest BCUT2D eigenvalue weighted by Crippen LogP contribution is -2.43. The molecule has 2 heterocycles. The lowest BCUT2D eigenvalue weighted by atomic mass is 10.1. The number of ether oxygens (including phenoxy) is 1. The van der Waals surface area contributed by atoms with Crippen LogP contribution in [0.15, 0.2) is 35.3 Å². The van der Waals surface area contributed by atoms with Gasteiger partial charge in [-0.1, -0.05) is 19.1 Å². The van der Waals surface area contributed by atoms with E-state index in [1.54, 1.807) is 23.0 Å². The van der Waals surface area contributed by atoms with E-state index >= 15 is 0 Å². The van der Waals surface area contributed by atoms with Crippen molar-refractivity contribution in [2.75, 3.05) is 26.3 Å². The predicted molar refractivity (Wildman–Crippen MR) is 86.9 cm³/mol. The van der Waals surface area contributed by atoms with E-state index in [1.807, 2.05) is 12.1 Å². The van der Waals surface area contributed by atoms with Gasteiger partial charge in [0.15, 0.2) is 0 Å². The van der Waals surface area contributed by atoms with Crippen LogP contribution in [-0.2, 0) is 4.74 Å². The molecule has 1 aliphatic heterocycles. The maximum atomic E-state index is 12.8. The van der Waals surface area contributed by atoms with Crippen molar-refractivity contribution in [3.05, 3.63) is 46.4 Å². The number of rotatable bonds is 4. The predicted octanol–water partition coefficient (Wildman–Crippen LogP) is 1.96. The number of nitriles is 1. The molecule has 1 atom stereocenters. The molecule has 0 spiro atoms. The van der Waals surface area contributed by atoms with Crippen LogP contribution >= 0.6 is 0 Å². The average molecular weight is 312 g/mol. The Morgan fingerprint density at radius 1 is 1.30 bits per heavy atom. The lowest BCUT2D eigenvalue weighted by Gasteiger charge is -2.33. The van der Waals surface area contributed by atoms with Gasteiger partial charge in [0.2, 0.25) is 0 Å². The Morgan fingerprint density at radius 2 is 2.00 bits per heavy atom. The van der Waals surface area contributed by atoms with Gasteiger partial charge in [0.1, 0.15) is 6.17 Å². The number of nitrogens with zero attached hydrogens (tertiary/aromatic N) is 3. The van der Waals surface area contributed by atoms with Crippen molar-refractivity contribution < 1.29 is 4.74 Å². The van der Waals surface area contributed by atoms with E-state index in [-0.39, 0.29) is 11.7 Å². The van der Waals surface area contributed by atoms with E-state index in [9.17, 15) is 4.79 Å². The van der Waals surface area contributed by atoms with E-state index < -0.39 is 0 Å². The number of benzene rings is 1. The summed E-state index contributed by atoms with van der Waals surface area (Å²) in [5.41, 5.74) is 2.00. The molecule has 1 saturated heterocycles. The van der Waals surface area contributed by atoms with Crippen molar-refractivity contribution in [3.63, 3.8) is 0 Å². The molecule has 0 aliphatic carbocycles. The molecule has 0 radical (unpaired) electrons. The van der Waals surface area contributed by atoms with Gasteiger partial charge in [0, 0.05) is 19.3 Å². The zero-order valence-electron chi connectivity index (χ0n) is 13.2. The van der Waals surface area contributed by atoms with Gasteiger partial charge in [-0.25, -0.2) is 4.68 Å². The quantitative estimate of drug-likeness (QED) is 0.936. The van der Waals surface area contributed by atoms with Crippen molar-refractivity contribution in [1.29, 1.82) is 5.26 Å². The summed E-state index contributed by atoms with van der Waals surface area (Å²) in [7, 11) is 0. The molecule has 0 saturated carbocycles. The number of aromatic amines is 1. The summed E-state index contributed by atoms with van der Waals surface area (Å²) in [6.07, 6.45) is 2.60. The third-order valence-corrected chi connectivity index (χ3v) is 4.25. The highest BCUT2D eigenvalue weighted by atomic mass is 16.5. The normalized spacial score (nSPS) is 16.9. The minimum atomic E-state index is -0.0342. The standard InChI is InChI=1S/C17H20N4O2/c1-2-16(20-7-9-23-10-8-20)21-17(22)15(12-19-21)14-5-3-13(11-18)4-6-14/h3-6,12,16,19H,2,7-10H2,1H3. The molecular weight excluding hydrogens is 292 g/mol. The maximum Gasteiger partial charge on any atom is 0.275 e. The molecule has 1 aliphatic rings. The first-order chi connectivity index (χ1) is 11.2. The zero-order chi connectivity index (χ0) is 16.2. The fraction of sp³-hybridized carbons (Fsp3) is 0.412. The number of morpholine rings is 1. The Hall–Kier alpha value is -2.36. The Bertz CT molecular complexity index is 748. The molecule has 2 aromatic rings. The van der Waals surface area contributed by atoms with Crippen LogP contribution < -0.4 is 5.56 Å². The van der Waals surface area contributed by atoms with E-state index in [1.165, 1.54) is 0 Å². The van der Waals surface area contributed by atoms with E-state index in [0.717, 1.165) is 25.1 Å². The third-order valence-electron chi connectivity index (χ3n) is 4.25. The van der Waals surface area contributed by atoms with E-state index in [0.29, 0.717) is 24.3 Å². The van der Waals surface area contributed by atoms with Crippen LogP contribution in [-0.4, -0.2) is 41.0 Å². The zero-order valence-corrected chi connectivity index (χ0v) is 13.2. The summed E-state index contributed by atoms with van der Waals surface area (Å²) in [5.74, 6) is 0. The monoisotopic (exact) mass is 312 g/mol. The molecule has 6 heteroatoms. The van der Waals surface area contributed by atoms with Crippen molar-refractivity contribution in [2.24, 2.45) is 0 Å². The van der Waals surface area contributed by atoms with Gasteiger partial charge in [0.25, 0.3) is 5.56 Å². The summed E-state index contributed by atoms with van der Waals surface area (Å²) in [4.78, 5) is 15.0. The van der Waals surface area contributed by atoms with E-state index in [2.05, 4.69) is 23.0 Å². The average Bonchev–Trinajstić information content (AvgIpc) is 2.98. The number of aromatic nitrogens is 2. The second-order valence-electron chi connectivity index (χ2n) is 5.59. The van der Waals surface area contributed by atoms with Gasteiger partial charge in [-0.05, 0) is 24.1 Å². The molecule has 0 bridgehead atoms. The van der Waals surface area contributed by atoms with Gasteiger partial charge in [-0.3, -0.25) is 9.69 Å². The molecule has 1 unspecified atom stereocenters. The fourth-order valence-electron chi connectivity index (χ4n) is 3.02. The third kappa shape index (κ3) is 3.07. The van der Waals surface area contributed by atoms with Crippen LogP contribution in [0.2, 0.25) is 0 Å². The molecule has 3 rings (SSSR count). The number of hydrogen-bond acceptors (Lipinski definition) is 4. The molecule has 120 valence electrons. The number of H-pyrrole nitrogens is 1. The summed E-state index contributed by atoms with van der Waals surface area (Å²) in [6.45, 7) is 5.14. The Morgan fingerprint density at radius 3 is 2.61 bits per heavy atom. The van der Waals surface area contributed by atoms with Gasteiger partial charge >= 0.3 is 0 Å². The molecule has 1 aromatic heterocycles. The van der Waals surface area contributed by atoms with Crippen LogP contribution in [0.4, 0.5) is 0 Å². The number of nitrogens with one attached hydrogen (secondary N) is 1. The maximum absolute atomic E-state index is 12.8. The van der Waals surface area contributed by atoms with Crippen LogP contribution in [0.3, 0.4) is 0 Å². The summed E-state index contributed by atoms with van der Waals surface area (Å²) in [5, 5.41) is 12.0. The van der Waals surface area contributed by atoms with Gasteiger partial charge in [0.05, 0.1) is 30.4 Å². The first-order valence-corrected chi connectivity index (χ1v) is 7.87.